The van der Waals surface area contributed by atoms with Crippen molar-refractivity contribution < 1.29 is 57.7 Å². The molecular weight excluding hydrogens is 510 g/mol. The smallest absolute Gasteiger partial charge is 0.550 e. The first-order valence-electron chi connectivity index (χ1n) is 12.1. The van der Waals surface area contributed by atoms with Crippen LogP contribution in [0.15, 0.2) is 33.3 Å². The van der Waals surface area contributed by atoms with Gasteiger partial charge in [0.05, 0.1) is 5.69 Å². The molecule has 7 nitrogen and oxygen atoms in total. The van der Waals surface area contributed by atoms with Gasteiger partial charge in [-0.05, 0) is 54.7 Å². The number of benzene rings is 1. The Hall–Kier alpha value is -2.00. The summed E-state index contributed by atoms with van der Waals surface area (Å²) in [6.45, 7) is 6.31. The van der Waals surface area contributed by atoms with Crippen LogP contribution in [0.3, 0.4) is 0 Å². The van der Waals surface area contributed by atoms with Crippen LogP contribution in [0.1, 0.15) is 87.3 Å². The van der Waals surface area contributed by atoms with Gasteiger partial charge in [-0.3, -0.25) is 4.79 Å². The molecule has 0 saturated heterocycles. The van der Waals surface area contributed by atoms with Crippen LogP contribution in [-0.2, 0) is 22.4 Å². The zero-order chi connectivity index (χ0) is 26.0. The molecule has 1 atom stereocenters. The van der Waals surface area contributed by atoms with Crippen molar-refractivity contribution in [1.29, 1.82) is 0 Å². The minimum atomic E-state index is -1.21. The summed E-state index contributed by atoms with van der Waals surface area (Å²) < 4.78 is 25.5. The first-order chi connectivity index (χ1) is 17.0. The molecule has 10 heteroatoms. The van der Waals surface area contributed by atoms with Gasteiger partial charge in [0.25, 0.3) is 0 Å². The average molecular weight is 539 g/mol. The molecule has 1 fully saturated rings. The SMILES string of the molecule is CC(C)(C)Cc1cc(-c2onc([C@@H](CCC(=O)[O-])CC(=O)Cc3ccc(Cl)cc3F)c2C2CC2)no1.[Na+]. The quantitative estimate of drug-likeness (QED) is 0.345. The van der Waals surface area contributed by atoms with E-state index in [1.807, 2.05) is 6.07 Å². The number of rotatable bonds is 11. The number of Topliss-reactive ketones (excluding diaryl/α,β-unsaturated/α-hetero) is 1. The second-order valence-corrected chi connectivity index (χ2v) is 11.2. The van der Waals surface area contributed by atoms with Crippen LogP contribution in [0, 0.1) is 11.2 Å². The Kier molecular flexibility index (Phi) is 9.78. The number of halogens is 2. The summed E-state index contributed by atoms with van der Waals surface area (Å²) in [5.41, 5.74) is 2.18. The maximum Gasteiger partial charge on any atom is 1.00 e. The number of hydrogen-bond acceptors (Lipinski definition) is 7. The Labute approximate surface area is 242 Å². The van der Waals surface area contributed by atoms with Gasteiger partial charge in [0.15, 0.2) is 11.5 Å². The summed E-state index contributed by atoms with van der Waals surface area (Å²) in [5, 5.41) is 20.0. The van der Waals surface area contributed by atoms with E-state index in [1.54, 1.807) is 0 Å². The predicted molar refractivity (Wildman–Crippen MR) is 129 cm³/mol. The fraction of sp³-hybridized carbons (Fsp3) is 0.481. The molecule has 0 N–H and O–H groups in total. The van der Waals surface area contributed by atoms with Crippen molar-refractivity contribution in [3.63, 3.8) is 0 Å². The van der Waals surface area contributed by atoms with E-state index >= 15 is 0 Å². The standard InChI is InChI=1S/C27H30ClFN2O5.Na/c1-27(2,3)14-20-13-22(30-35-20)26-24(15-4-5-15)25(31-36-26)17(7-9-23(33)34)11-19(32)10-16-6-8-18(28)12-21(16)29;/h6,8,12-13,15,17H,4-5,7,9-11,14H2,1-3H3,(H,33,34);/q;+1/p-1/t17-;/m0./s1. The third-order valence-corrected chi connectivity index (χ3v) is 6.43. The third-order valence-electron chi connectivity index (χ3n) is 6.20. The number of ketones is 1. The third kappa shape index (κ3) is 7.99. The molecule has 0 amide bonds. The van der Waals surface area contributed by atoms with Crippen molar-refractivity contribution in [2.45, 2.75) is 77.6 Å². The van der Waals surface area contributed by atoms with Crippen molar-refractivity contribution in [3.8, 4) is 11.5 Å². The number of aromatic nitrogens is 2. The monoisotopic (exact) mass is 538 g/mol. The molecule has 192 valence electrons. The molecule has 2 aromatic heterocycles. The molecule has 4 rings (SSSR count). The first-order valence-corrected chi connectivity index (χ1v) is 12.5. The zero-order valence-electron chi connectivity index (χ0n) is 21.6. The normalized spacial score (nSPS) is 14.3. The van der Waals surface area contributed by atoms with Gasteiger partial charge in [-0.2, -0.15) is 0 Å². The van der Waals surface area contributed by atoms with Gasteiger partial charge in [0, 0.05) is 47.8 Å². The van der Waals surface area contributed by atoms with Crippen LogP contribution in [0.25, 0.3) is 11.5 Å². The summed E-state index contributed by atoms with van der Waals surface area (Å²) in [7, 11) is 0. The van der Waals surface area contributed by atoms with E-state index < -0.39 is 17.7 Å². The Morgan fingerprint density at radius 1 is 1.19 bits per heavy atom. The van der Waals surface area contributed by atoms with Gasteiger partial charge in [-0.1, -0.05) is 48.8 Å². The summed E-state index contributed by atoms with van der Waals surface area (Å²) in [6, 6.07) is 6.02. The molecule has 0 spiro atoms. The Bertz CT molecular complexity index is 1260. The number of hydrogen-bond donors (Lipinski definition) is 0. The summed E-state index contributed by atoms with van der Waals surface area (Å²) in [4.78, 5) is 24.2. The molecule has 1 saturated carbocycles. The second-order valence-electron chi connectivity index (χ2n) is 10.8. The van der Waals surface area contributed by atoms with Crippen LogP contribution >= 0.6 is 11.6 Å². The van der Waals surface area contributed by atoms with E-state index in [9.17, 15) is 19.1 Å². The average Bonchev–Trinajstić information content (AvgIpc) is 3.35. The Morgan fingerprint density at radius 3 is 2.54 bits per heavy atom. The van der Waals surface area contributed by atoms with Crippen molar-refractivity contribution in [2.75, 3.05) is 0 Å². The molecule has 2 heterocycles. The maximum absolute atomic E-state index is 14.2. The molecule has 1 aliphatic carbocycles. The van der Waals surface area contributed by atoms with Gasteiger partial charge in [0.1, 0.15) is 17.4 Å². The van der Waals surface area contributed by atoms with Crippen molar-refractivity contribution in [1.82, 2.24) is 10.3 Å². The number of nitrogens with zero attached hydrogens (tertiary/aromatic N) is 2. The van der Waals surface area contributed by atoms with Gasteiger partial charge in [-0.25, -0.2) is 4.39 Å². The van der Waals surface area contributed by atoms with E-state index in [0.29, 0.717) is 23.6 Å². The number of carboxylic acid groups (broad SMARTS) is 1. The molecule has 3 aromatic rings. The molecule has 37 heavy (non-hydrogen) atoms. The number of carbonyl (C=O) groups excluding carboxylic acids is 2. The topological polar surface area (TPSA) is 109 Å². The predicted octanol–water partition coefficient (Wildman–Crippen LogP) is 2.41. The van der Waals surface area contributed by atoms with Gasteiger partial charge in [-0.15, -0.1) is 0 Å². The number of aliphatic carboxylic acids is 1. The van der Waals surface area contributed by atoms with E-state index in [0.717, 1.165) is 24.2 Å². The van der Waals surface area contributed by atoms with Crippen molar-refractivity contribution in [3.05, 3.63) is 57.7 Å². The fourth-order valence-electron chi connectivity index (χ4n) is 4.43. The van der Waals surface area contributed by atoms with Crippen LogP contribution in [0.4, 0.5) is 4.39 Å². The molecule has 1 aliphatic rings. The van der Waals surface area contributed by atoms with E-state index in [4.69, 9.17) is 20.6 Å². The number of carboxylic acids is 1. The van der Waals surface area contributed by atoms with E-state index in [1.165, 1.54) is 18.2 Å². The van der Waals surface area contributed by atoms with Crippen LogP contribution < -0.4 is 34.7 Å². The van der Waals surface area contributed by atoms with Gasteiger partial charge < -0.3 is 18.9 Å². The molecule has 0 radical (unpaired) electrons. The fourth-order valence-corrected chi connectivity index (χ4v) is 4.59. The molecular formula is C27H29ClFN2NaO5. The van der Waals surface area contributed by atoms with E-state index in [-0.39, 0.29) is 82.9 Å². The molecule has 1 aromatic carbocycles. The Balaban J connectivity index is 0.00000380. The van der Waals surface area contributed by atoms with E-state index in [2.05, 4.69) is 31.1 Å². The molecule has 0 aliphatic heterocycles. The summed E-state index contributed by atoms with van der Waals surface area (Å²) >= 11 is 5.81. The first kappa shape index (κ1) is 29.6. The van der Waals surface area contributed by atoms with Crippen LogP contribution in [0.5, 0.6) is 0 Å². The zero-order valence-corrected chi connectivity index (χ0v) is 24.4. The minimum Gasteiger partial charge on any atom is -0.550 e. The minimum absolute atomic E-state index is 0. The van der Waals surface area contributed by atoms with Crippen LogP contribution in [-0.4, -0.2) is 22.1 Å². The second kappa shape index (κ2) is 12.2. The molecule has 0 unspecified atom stereocenters. The van der Waals surface area contributed by atoms with Gasteiger partial charge in [0.2, 0.25) is 0 Å². The Morgan fingerprint density at radius 2 is 1.92 bits per heavy atom. The largest absolute Gasteiger partial charge is 1.00 e. The summed E-state index contributed by atoms with van der Waals surface area (Å²) in [5.74, 6) is -1.10. The maximum atomic E-state index is 14.2. The van der Waals surface area contributed by atoms with Gasteiger partial charge >= 0.3 is 29.6 Å². The molecule has 0 bridgehead atoms. The van der Waals surface area contributed by atoms with Crippen molar-refractivity contribution >= 4 is 23.4 Å². The number of carbonyl (C=O) groups is 2. The van der Waals surface area contributed by atoms with Crippen LogP contribution in [0.2, 0.25) is 5.02 Å². The van der Waals surface area contributed by atoms with Crippen molar-refractivity contribution in [2.24, 2.45) is 5.41 Å². The summed E-state index contributed by atoms with van der Waals surface area (Å²) in [6.07, 6.45) is 2.35.